The summed E-state index contributed by atoms with van der Waals surface area (Å²) in [5.74, 6) is 0.249. The molecule has 1 aromatic carbocycles. The number of hydrogen-bond acceptors (Lipinski definition) is 5. The number of hydrogen-bond donors (Lipinski definition) is 2. The van der Waals surface area contributed by atoms with Crippen molar-refractivity contribution in [3.63, 3.8) is 0 Å². The monoisotopic (exact) mass is 400 g/mol. The number of carbonyl (C=O) groups excluding carboxylic acids is 2. The molecule has 6 nitrogen and oxygen atoms in total. The van der Waals surface area contributed by atoms with Gasteiger partial charge in [0.25, 0.3) is 11.8 Å². The minimum Gasteiger partial charge on any atom is -0.497 e. The number of nitrogens with one attached hydrogen (secondary N) is 2. The fraction of sp³-hybridized carbons (Fsp3) is 0.429. The van der Waals surface area contributed by atoms with Crippen molar-refractivity contribution >= 4 is 28.2 Å². The molecule has 4 rings (SSSR count). The average Bonchev–Trinajstić information content (AvgIpc) is 3.43. The summed E-state index contributed by atoms with van der Waals surface area (Å²) in [5.41, 5.74) is 2.20. The van der Waals surface area contributed by atoms with Crippen LogP contribution < -0.4 is 15.4 Å². The van der Waals surface area contributed by atoms with Crippen LogP contribution >= 0.6 is 11.3 Å². The van der Waals surface area contributed by atoms with Gasteiger partial charge in [-0.2, -0.15) is 0 Å². The normalized spacial score (nSPS) is 18.0. The van der Waals surface area contributed by atoms with E-state index >= 15 is 0 Å². The van der Waals surface area contributed by atoms with Crippen LogP contribution in [0.15, 0.2) is 24.3 Å². The van der Waals surface area contributed by atoms with E-state index in [0.29, 0.717) is 28.4 Å². The second-order valence-corrected chi connectivity index (χ2v) is 8.20. The van der Waals surface area contributed by atoms with Gasteiger partial charge < -0.3 is 20.1 Å². The molecule has 0 radical (unpaired) electrons. The fourth-order valence-electron chi connectivity index (χ4n) is 3.77. The minimum atomic E-state index is -0.244. The van der Waals surface area contributed by atoms with Gasteiger partial charge in [0.15, 0.2) is 0 Å². The molecule has 7 heteroatoms. The first-order chi connectivity index (χ1) is 13.7. The molecular formula is C21H24N2O4S. The van der Waals surface area contributed by atoms with Gasteiger partial charge >= 0.3 is 0 Å². The van der Waals surface area contributed by atoms with Crippen molar-refractivity contribution in [2.75, 3.05) is 25.6 Å². The highest BCUT2D eigenvalue weighted by atomic mass is 32.1. The Bertz CT molecular complexity index is 887. The smallest absolute Gasteiger partial charge is 0.256 e. The lowest BCUT2D eigenvalue weighted by atomic mass is 10.1. The number of ether oxygens (including phenoxy) is 2. The Morgan fingerprint density at radius 3 is 2.93 bits per heavy atom. The van der Waals surface area contributed by atoms with Gasteiger partial charge in [0, 0.05) is 23.6 Å². The summed E-state index contributed by atoms with van der Waals surface area (Å²) in [7, 11) is 1.57. The first-order valence-electron chi connectivity index (χ1n) is 9.65. The molecule has 1 unspecified atom stereocenters. The van der Waals surface area contributed by atoms with Crippen LogP contribution in [-0.2, 0) is 17.6 Å². The van der Waals surface area contributed by atoms with Crippen molar-refractivity contribution in [2.24, 2.45) is 0 Å². The van der Waals surface area contributed by atoms with Gasteiger partial charge in [-0.25, -0.2) is 0 Å². The summed E-state index contributed by atoms with van der Waals surface area (Å²) in [6.07, 6.45) is 4.99. The maximum absolute atomic E-state index is 12.9. The molecule has 1 atom stereocenters. The van der Waals surface area contributed by atoms with Gasteiger partial charge in [-0.3, -0.25) is 9.59 Å². The van der Waals surface area contributed by atoms with E-state index in [9.17, 15) is 9.59 Å². The third-order valence-electron chi connectivity index (χ3n) is 5.22. The summed E-state index contributed by atoms with van der Waals surface area (Å²) in [5, 5.41) is 6.58. The van der Waals surface area contributed by atoms with Crippen LogP contribution in [0, 0.1) is 0 Å². The van der Waals surface area contributed by atoms with E-state index in [2.05, 4.69) is 10.6 Å². The van der Waals surface area contributed by atoms with Crippen LogP contribution in [0.25, 0.3) is 0 Å². The van der Waals surface area contributed by atoms with E-state index in [1.165, 1.54) is 16.2 Å². The number of fused-ring (bicyclic) bond motifs is 1. The van der Waals surface area contributed by atoms with Crippen LogP contribution in [0.3, 0.4) is 0 Å². The number of thiophene rings is 1. The highest BCUT2D eigenvalue weighted by molar-refractivity contribution is 7.17. The van der Waals surface area contributed by atoms with E-state index in [1.54, 1.807) is 31.4 Å². The zero-order valence-corrected chi connectivity index (χ0v) is 16.7. The topological polar surface area (TPSA) is 76.7 Å². The molecule has 1 aliphatic heterocycles. The molecule has 0 bridgehead atoms. The van der Waals surface area contributed by atoms with Gasteiger partial charge in [-0.15, -0.1) is 11.3 Å². The van der Waals surface area contributed by atoms with Crippen molar-refractivity contribution in [1.82, 2.24) is 5.32 Å². The van der Waals surface area contributed by atoms with Crippen LogP contribution in [0.1, 0.15) is 50.4 Å². The quantitative estimate of drug-likeness (QED) is 0.779. The Balaban J connectivity index is 1.53. The number of aryl methyl sites for hydroxylation is 1. The van der Waals surface area contributed by atoms with Crippen molar-refractivity contribution in [3.8, 4) is 5.75 Å². The third kappa shape index (κ3) is 3.91. The number of anilines is 1. The predicted octanol–water partition coefficient (Wildman–Crippen LogP) is 3.41. The molecule has 2 N–H and O–H groups in total. The van der Waals surface area contributed by atoms with E-state index in [4.69, 9.17) is 9.47 Å². The molecular weight excluding hydrogens is 376 g/mol. The molecule has 2 heterocycles. The summed E-state index contributed by atoms with van der Waals surface area (Å²) < 4.78 is 10.8. The lowest BCUT2D eigenvalue weighted by molar-refractivity contribution is 0.0858. The first-order valence-corrected chi connectivity index (χ1v) is 10.5. The molecule has 148 valence electrons. The zero-order valence-electron chi connectivity index (χ0n) is 15.9. The van der Waals surface area contributed by atoms with Crippen LogP contribution in [0.4, 0.5) is 5.00 Å². The number of rotatable bonds is 6. The molecule has 1 saturated heterocycles. The van der Waals surface area contributed by atoms with Crippen molar-refractivity contribution in [3.05, 3.63) is 45.8 Å². The molecule has 1 fully saturated rings. The highest BCUT2D eigenvalue weighted by Gasteiger charge is 2.28. The largest absolute Gasteiger partial charge is 0.497 e. The molecule has 2 aromatic rings. The highest BCUT2D eigenvalue weighted by Crippen LogP contribution is 2.39. The second-order valence-electron chi connectivity index (χ2n) is 7.09. The molecule has 1 aliphatic carbocycles. The SMILES string of the molecule is COc1cccc(C(=O)Nc2sc3c(c2C(=O)NCC2CCCO2)CCC3)c1. The van der Waals surface area contributed by atoms with E-state index in [1.807, 2.05) is 0 Å². The summed E-state index contributed by atoms with van der Waals surface area (Å²) in [4.78, 5) is 26.9. The maximum atomic E-state index is 12.9. The van der Waals surface area contributed by atoms with E-state index in [0.717, 1.165) is 44.3 Å². The number of benzene rings is 1. The zero-order chi connectivity index (χ0) is 19.5. The Labute approximate surface area is 168 Å². The van der Waals surface area contributed by atoms with Crippen molar-refractivity contribution in [1.29, 1.82) is 0 Å². The van der Waals surface area contributed by atoms with Gasteiger partial charge in [-0.05, 0) is 55.9 Å². The Hall–Kier alpha value is -2.38. The number of carbonyl (C=O) groups is 2. The van der Waals surface area contributed by atoms with Gasteiger partial charge in [0.05, 0.1) is 18.8 Å². The minimum absolute atomic E-state index is 0.0884. The molecule has 0 spiro atoms. The Morgan fingerprint density at radius 2 is 2.14 bits per heavy atom. The summed E-state index contributed by atoms with van der Waals surface area (Å²) in [6.45, 7) is 1.27. The predicted molar refractivity (Wildman–Crippen MR) is 109 cm³/mol. The van der Waals surface area contributed by atoms with Gasteiger partial charge in [-0.1, -0.05) is 6.07 Å². The summed E-state index contributed by atoms with van der Waals surface area (Å²) >= 11 is 1.51. The first kappa shape index (κ1) is 19.0. The van der Waals surface area contributed by atoms with Gasteiger partial charge in [0.1, 0.15) is 10.8 Å². The lowest BCUT2D eigenvalue weighted by Gasteiger charge is -2.13. The lowest BCUT2D eigenvalue weighted by Crippen LogP contribution is -2.32. The number of methoxy groups -OCH3 is 1. The van der Waals surface area contributed by atoms with E-state index in [-0.39, 0.29) is 17.9 Å². The molecule has 2 aliphatic rings. The Morgan fingerprint density at radius 1 is 1.25 bits per heavy atom. The molecule has 1 aromatic heterocycles. The van der Waals surface area contributed by atoms with Crippen LogP contribution in [0.2, 0.25) is 0 Å². The maximum Gasteiger partial charge on any atom is 0.256 e. The van der Waals surface area contributed by atoms with Crippen LogP contribution in [0.5, 0.6) is 5.75 Å². The summed E-state index contributed by atoms with van der Waals surface area (Å²) in [6, 6.07) is 6.99. The fourth-order valence-corrected chi connectivity index (χ4v) is 5.05. The molecule has 0 saturated carbocycles. The number of amides is 2. The Kier molecular flexibility index (Phi) is 5.64. The second kappa shape index (κ2) is 8.32. The molecule has 2 amide bonds. The average molecular weight is 401 g/mol. The van der Waals surface area contributed by atoms with Crippen molar-refractivity contribution < 1.29 is 19.1 Å². The van der Waals surface area contributed by atoms with Crippen LogP contribution in [-0.4, -0.2) is 38.2 Å². The molecule has 28 heavy (non-hydrogen) atoms. The standard InChI is InChI=1S/C21H24N2O4S/c1-26-14-6-2-5-13(11-14)19(24)23-21-18(16-8-3-9-17(16)28-21)20(25)22-12-15-7-4-10-27-15/h2,5-6,11,15H,3-4,7-10,12H2,1H3,(H,22,25)(H,23,24). The third-order valence-corrected chi connectivity index (χ3v) is 6.43. The van der Waals surface area contributed by atoms with Gasteiger partial charge in [0.2, 0.25) is 0 Å². The van der Waals surface area contributed by atoms with Crippen molar-refractivity contribution in [2.45, 2.75) is 38.2 Å². The van der Waals surface area contributed by atoms with E-state index < -0.39 is 0 Å².